The zero-order chi connectivity index (χ0) is 15.9. The van der Waals surface area contributed by atoms with Gasteiger partial charge in [-0.15, -0.1) is 0 Å². The summed E-state index contributed by atoms with van der Waals surface area (Å²) in [6, 6.07) is 2.61. The Balaban J connectivity index is 1.99. The molecular weight excluding hydrogens is 335 g/mol. The average molecular weight is 346 g/mol. The van der Waals surface area contributed by atoms with Gasteiger partial charge in [0.1, 0.15) is 0 Å². The zero-order valence-corrected chi connectivity index (χ0v) is 12.7. The molecule has 0 spiro atoms. The molecule has 0 aliphatic carbocycles. The second-order valence-electron chi connectivity index (χ2n) is 5.03. The number of anilines is 1. The number of hydrogen-bond acceptors (Lipinski definition) is 2. The molecule has 1 atom stereocenters. The summed E-state index contributed by atoms with van der Waals surface area (Å²) in [6.45, 7) is 0.262. The molecule has 116 valence electrons. The summed E-state index contributed by atoms with van der Waals surface area (Å²) in [4.78, 5) is 13.7. The van der Waals surface area contributed by atoms with Crippen molar-refractivity contribution < 1.29 is 13.6 Å². The van der Waals surface area contributed by atoms with Gasteiger partial charge < -0.3 is 4.90 Å². The quantitative estimate of drug-likeness (QED) is 0.907. The fraction of sp³-hybridized carbons (Fsp3) is 0.286. The number of nitrogens with zero attached hydrogens (tertiary/aromatic N) is 2. The van der Waals surface area contributed by atoms with Crippen molar-refractivity contribution in [3.63, 3.8) is 0 Å². The molecule has 1 aliphatic rings. The summed E-state index contributed by atoms with van der Waals surface area (Å²) in [5.74, 6) is -0.597. The van der Waals surface area contributed by atoms with Gasteiger partial charge >= 0.3 is 0 Å². The van der Waals surface area contributed by atoms with Crippen LogP contribution in [0.25, 0.3) is 0 Å². The number of rotatable bonds is 3. The molecule has 2 heterocycles. The number of aromatic amines is 1. The third-order valence-corrected chi connectivity index (χ3v) is 4.55. The third-order valence-electron chi connectivity index (χ3n) is 3.73. The lowest BCUT2D eigenvalue weighted by molar-refractivity contribution is -0.117. The largest absolute Gasteiger partial charge is 0.309 e. The van der Waals surface area contributed by atoms with Crippen LogP contribution in [0.1, 0.15) is 29.9 Å². The average Bonchev–Trinajstić information content (AvgIpc) is 3.10. The first-order chi connectivity index (χ1) is 10.5. The molecule has 1 fully saturated rings. The minimum absolute atomic E-state index is 0.0892. The van der Waals surface area contributed by atoms with E-state index in [2.05, 4.69) is 10.2 Å². The van der Waals surface area contributed by atoms with Crippen molar-refractivity contribution in [1.82, 2.24) is 10.2 Å². The summed E-state index contributed by atoms with van der Waals surface area (Å²) >= 11 is 12.1. The van der Waals surface area contributed by atoms with E-state index >= 15 is 0 Å². The first-order valence-electron chi connectivity index (χ1n) is 6.54. The van der Waals surface area contributed by atoms with Crippen molar-refractivity contribution in [3.05, 3.63) is 45.7 Å². The highest BCUT2D eigenvalue weighted by Crippen LogP contribution is 2.42. The number of carbonyl (C=O) groups excluding carboxylic acids is 1. The Morgan fingerprint density at radius 3 is 2.77 bits per heavy atom. The van der Waals surface area contributed by atoms with E-state index < -0.39 is 12.3 Å². The number of aromatic nitrogens is 2. The Morgan fingerprint density at radius 1 is 1.36 bits per heavy atom. The number of carbonyl (C=O) groups is 1. The second kappa shape index (κ2) is 5.85. The Bertz CT molecular complexity index is 706. The molecule has 0 saturated carbocycles. The van der Waals surface area contributed by atoms with E-state index in [0.717, 1.165) is 0 Å². The highest BCUT2D eigenvalue weighted by molar-refractivity contribution is 6.42. The van der Waals surface area contributed by atoms with Crippen LogP contribution in [-0.2, 0) is 4.79 Å². The number of H-pyrrole nitrogens is 1. The number of nitrogens with one attached hydrogen (secondary N) is 1. The summed E-state index contributed by atoms with van der Waals surface area (Å²) in [6.07, 6.45) is 0.509. The molecule has 1 N–H and O–H groups in total. The number of hydrogen-bond donors (Lipinski definition) is 1. The predicted octanol–water partition coefficient (Wildman–Crippen LogP) is 4.17. The van der Waals surface area contributed by atoms with Gasteiger partial charge in [0.25, 0.3) is 6.43 Å². The molecular formula is C14H11Cl2F2N3O. The summed E-state index contributed by atoms with van der Waals surface area (Å²) in [7, 11) is 0. The smallest absolute Gasteiger partial charge is 0.264 e. The molecule has 1 saturated heterocycles. The Hall–Kier alpha value is -1.66. The SMILES string of the molecule is O=C1CC(c2c(C(F)F)ccc(Cl)c2Cl)CN1c1cn[nH]c1. The highest BCUT2D eigenvalue weighted by Gasteiger charge is 2.36. The Morgan fingerprint density at radius 2 is 2.14 bits per heavy atom. The maximum absolute atomic E-state index is 13.2. The van der Waals surface area contributed by atoms with Crippen LogP contribution in [0.2, 0.25) is 10.0 Å². The van der Waals surface area contributed by atoms with Gasteiger partial charge in [0.2, 0.25) is 5.91 Å². The van der Waals surface area contributed by atoms with E-state index in [-0.39, 0.29) is 40.0 Å². The van der Waals surface area contributed by atoms with Crippen LogP contribution in [0.3, 0.4) is 0 Å². The van der Waals surface area contributed by atoms with E-state index in [1.165, 1.54) is 23.2 Å². The van der Waals surface area contributed by atoms with Crippen molar-refractivity contribution in [2.45, 2.75) is 18.8 Å². The van der Waals surface area contributed by atoms with E-state index in [4.69, 9.17) is 23.2 Å². The van der Waals surface area contributed by atoms with Crippen LogP contribution in [0.4, 0.5) is 14.5 Å². The van der Waals surface area contributed by atoms with Crippen LogP contribution in [0, 0.1) is 0 Å². The van der Waals surface area contributed by atoms with Crippen LogP contribution in [0.15, 0.2) is 24.5 Å². The highest BCUT2D eigenvalue weighted by atomic mass is 35.5. The van der Waals surface area contributed by atoms with Crippen molar-refractivity contribution in [2.24, 2.45) is 0 Å². The van der Waals surface area contributed by atoms with Gasteiger partial charge in [-0.2, -0.15) is 5.10 Å². The van der Waals surface area contributed by atoms with E-state index in [1.54, 1.807) is 6.20 Å². The molecule has 1 aromatic heterocycles. The van der Waals surface area contributed by atoms with Crippen molar-refractivity contribution in [3.8, 4) is 0 Å². The number of amides is 1. The molecule has 2 aromatic rings. The number of halogens is 4. The fourth-order valence-corrected chi connectivity index (χ4v) is 3.22. The number of benzene rings is 1. The molecule has 3 rings (SSSR count). The van der Waals surface area contributed by atoms with Crippen LogP contribution >= 0.6 is 23.2 Å². The molecule has 1 aliphatic heterocycles. The van der Waals surface area contributed by atoms with Gasteiger partial charge in [-0.25, -0.2) is 8.78 Å². The number of alkyl halides is 2. The molecule has 0 radical (unpaired) electrons. The molecule has 1 unspecified atom stereocenters. The van der Waals surface area contributed by atoms with Gasteiger partial charge in [-0.05, 0) is 11.6 Å². The Labute approximate surface area is 135 Å². The van der Waals surface area contributed by atoms with Gasteiger partial charge in [0, 0.05) is 30.6 Å². The first kappa shape index (κ1) is 15.2. The minimum Gasteiger partial charge on any atom is -0.309 e. The standard InChI is InChI=1S/C14H11Cl2F2N3O/c15-10-2-1-9(14(17)18)12(13(10)16)7-3-11(22)21(6-7)8-4-19-20-5-8/h1-2,4-5,7,14H,3,6H2,(H,19,20). The summed E-state index contributed by atoms with van der Waals surface area (Å²) < 4.78 is 26.5. The summed E-state index contributed by atoms with van der Waals surface area (Å²) in [5, 5.41) is 6.70. The predicted molar refractivity (Wildman–Crippen MR) is 79.7 cm³/mol. The maximum atomic E-state index is 13.2. The lowest BCUT2D eigenvalue weighted by atomic mass is 9.93. The van der Waals surface area contributed by atoms with E-state index in [1.807, 2.05) is 0 Å². The van der Waals surface area contributed by atoms with Gasteiger partial charge in [-0.1, -0.05) is 29.3 Å². The second-order valence-corrected chi connectivity index (χ2v) is 5.81. The zero-order valence-electron chi connectivity index (χ0n) is 11.2. The summed E-state index contributed by atoms with van der Waals surface area (Å²) in [5.41, 5.74) is 0.675. The van der Waals surface area contributed by atoms with E-state index in [0.29, 0.717) is 5.69 Å². The van der Waals surface area contributed by atoms with Crippen LogP contribution in [-0.4, -0.2) is 22.6 Å². The molecule has 8 heteroatoms. The topological polar surface area (TPSA) is 49.0 Å². The van der Waals surface area contributed by atoms with Crippen LogP contribution in [0.5, 0.6) is 0 Å². The molecule has 22 heavy (non-hydrogen) atoms. The van der Waals surface area contributed by atoms with Crippen molar-refractivity contribution >= 4 is 34.8 Å². The lowest BCUT2D eigenvalue weighted by Crippen LogP contribution is -2.23. The van der Waals surface area contributed by atoms with Gasteiger partial charge in [0.15, 0.2) is 0 Å². The van der Waals surface area contributed by atoms with Crippen molar-refractivity contribution in [2.75, 3.05) is 11.4 Å². The molecule has 4 nitrogen and oxygen atoms in total. The van der Waals surface area contributed by atoms with E-state index in [9.17, 15) is 13.6 Å². The molecule has 1 amide bonds. The van der Waals surface area contributed by atoms with Crippen molar-refractivity contribution in [1.29, 1.82) is 0 Å². The maximum Gasteiger partial charge on any atom is 0.264 e. The lowest BCUT2D eigenvalue weighted by Gasteiger charge is -2.18. The van der Waals surface area contributed by atoms with Gasteiger partial charge in [-0.3, -0.25) is 9.89 Å². The monoisotopic (exact) mass is 345 g/mol. The van der Waals surface area contributed by atoms with Gasteiger partial charge in [0.05, 0.1) is 21.9 Å². The van der Waals surface area contributed by atoms with Crippen LogP contribution < -0.4 is 4.90 Å². The minimum atomic E-state index is -2.68. The first-order valence-corrected chi connectivity index (χ1v) is 7.29. The molecule has 1 aromatic carbocycles. The Kier molecular flexibility index (Phi) is 4.06. The normalized spacial score (nSPS) is 18.5. The molecule has 0 bridgehead atoms. The fourth-order valence-electron chi connectivity index (χ4n) is 2.73. The third kappa shape index (κ3) is 2.57.